The monoisotopic (exact) mass is 497 g/mol. The SMILES string of the molecule is Cc1oc2c(c(C)cc3oc(=O)c(CC(=O)NCC(=O)NC(C(=O)NC(C)C)C(C)C)c(C)c32)c1C. The molecule has 9 nitrogen and oxygen atoms in total. The summed E-state index contributed by atoms with van der Waals surface area (Å²) in [4.78, 5) is 50.2. The molecule has 0 bridgehead atoms. The van der Waals surface area contributed by atoms with Crippen molar-refractivity contribution in [2.75, 3.05) is 6.54 Å². The number of aryl methyl sites for hydroxylation is 4. The topological polar surface area (TPSA) is 131 Å². The number of hydrogen-bond donors (Lipinski definition) is 3. The molecule has 0 aliphatic rings. The van der Waals surface area contributed by atoms with Crippen LogP contribution < -0.4 is 21.6 Å². The zero-order chi connectivity index (χ0) is 26.9. The zero-order valence-corrected chi connectivity index (χ0v) is 22.2. The second-order valence-electron chi connectivity index (χ2n) is 9.95. The molecule has 0 saturated carbocycles. The molecule has 9 heteroatoms. The molecule has 3 rings (SSSR count). The summed E-state index contributed by atoms with van der Waals surface area (Å²) in [7, 11) is 0. The fraction of sp³-hybridized carbons (Fsp3) is 0.481. The number of furan rings is 1. The van der Waals surface area contributed by atoms with Crippen LogP contribution in [-0.4, -0.2) is 36.3 Å². The fourth-order valence-corrected chi connectivity index (χ4v) is 4.37. The van der Waals surface area contributed by atoms with Gasteiger partial charge < -0.3 is 24.8 Å². The highest BCUT2D eigenvalue weighted by Gasteiger charge is 2.25. The van der Waals surface area contributed by atoms with E-state index in [0.29, 0.717) is 22.1 Å². The molecule has 1 aromatic carbocycles. The number of nitrogens with one attached hydrogen (secondary N) is 3. The Morgan fingerprint density at radius 3 is 2.17 bits per heavy atom. The molecule has 0 spiro atoms. The molecular weight excluding hydrogens is 462 g/mol. The number of hydrogen-bond acceptors (Lipinski definition) is 6. The maximum Gasteiger partial charge on any atom is 0.340 e. The number of carbonyl (C=O) groups is 3. The molecule has 36 heavy (non-hydrogen) atoms. The predicted octanol–water partition coefficient (Wildman–Crippen LogP) is 3.10. The molecule has 3 amide bonds. The summed E-state index contributed by atoms with van der Waals surface area (Å²) in [5.41, 5.74) is 3.18. The molecule has 3 aromatic rings. The first-order valence-electron chi connectivity index (χ1n) is 12.1. The van der Waals surface area contributed by atoms with Crippen LogP contribution in [0.3, 0.4) is 0 Å². The maximum absolute atomic E-state index is 12.7. The normalized spacial score (nSPS) is 12.4. The standard InChI is InChI=1S/C27H35N3O6/c1-12(2)24(26(33)29-13(3)4)30-21(32)11-28-20(31)10-18-16(7)23-19(36-27(18)34)9-14(5)22-15(6)17(8)35-25(22)23/h9,12-13,24H,10-11H2,1-8H3,(H,28,31)(H,29,33)(H,30,32). The molecule has 1 atom stereocenters. The van der Waals surface area contributed by atoms with Crippen molar-refractivity contribution in [3.63, 3.8) is 0 Å². The van der Waals surface area contributed by atoms with Gasteiger partial charge in [-0.2, -0.15) is 0 Å². The second-order valence-corrected chi connectivity index (χ2v) is 9.95. The van der Waals surface area contributed by atoms with Crippen LogP contribution in [0.2, 0.25) is 0 Å². The minimum Gasteiger partial charge on any atom is -0.460 e. The quantitative estimate of drug-likeness (QED) is 0.410. The molecule has 2 heterocycles. The van der Waals surface area contributed by atoms with Gasteiger partial charge >= 0.3 is 5.63 Å². The van der Waals surface area contributed by atoms with Crippen LogP contribution >= 0.6 is 0 Å². The van der Waals surface area contributed by atoms with Gasteiger partial charge in [0.25, 0.3) is 0 Å². The van der Waals surface area contributed by atoms with Crippen molar-refractivity contribution in [2.24, 2.45) is 5.92 Å². The van der Waals surface area contributed by atoms with Crippen molar-refractivity contribution >= 4 is 39.7 Å². The summed E-state index contributed by atoms with van der Waals surface area (Å²) in [6.45, 7) is 14.5. The van der Waals surface area contributed by atoms with E-state index in [0.717, 1.165) is 22.3 Å². The van der Waals surface area contributed by atoms with Crippen LogP contribution in [0.5, 0.6) is 0 Å². The third-order valence-electron chi connectivity index (χ3n) is 6.36. The van der Waals surface area contributed by atoms with Crippen LogP contribution in [0.1, 0.15) is 55.7 Å². The average molecular weight is 498 g/mol. The smallest absolute Gasteiger partial charge is 0.340 e. The van der Waals surface area contributed by atoms with Crippen LogP contribution in [0.25, 0.3) is 21.9 Å². The Balaban J connectivity index is 1.78. The van der Waals surface area contributed by atoms with E-state index in [1.165, 1.54) is 0 Å². The summed E-state index contributed by atoms with van der Waals surface area (Å²) < 4.78 is 11.6. The van der Waals surface area contributed by atoms with E-state index in [-0.39, 0.29) is 36.4 Å². The highest BCUT2D eigenvalue weighted by molar-refractivity contribution is 6.07. The lowest BCUT2D eigenvalue weighted by atomic mass is 9.98. The molecule has 194 valence electrons. The minimum absolute atomic E-state index is 0.0635. The molecule has 3 N–H and O–H groups in total. The van der Waals surface area contributed by atoms with E-state index >= 15 is 0 Å². The van der Waals surface area contributed by atoms with Crippen LogP contribution in [0.15, 0.2) is 19.7 Å². The molecule has 0 radical (unpaired) electrons. The molecule has 2 aromatic heterocycles. The highest BCUT2D eigenvalue weighted by atomic mass is 16.4. The van der Waals surface area contributed by atoms with E-state index in [1.807, 2.05) is 54.5 Å². The predicted molar refractivity (Wildman–Crippen MR) is 138 cm³/mol. The van der Waals surface area contributed by atoms with E-state index in [1.54, 1.807) is 6.92 Å². The van der Waals surface area contributed by atoms with Crippen molar-refractivity contribution in [1.82, 2.24) is 16.0 Å². The third-order valence-corrected chi connectivity index (χ3v) is 6.36. The molecule has 0 aliphatic carbocycles. The number of amides is 3. The Kier molecular flexibility index (Phi) is 7.91. The van der Waals surface area contributed by atoms with Crippen LogP contribution in [0.4, 0.5) is 0 Å². The van der Waals surface area contributed by atoms with Crippen molar-refractivity contribution in [2.45, 2.75) is 73.9 Å². The molecule has 0 fully saturated rings. The molecule has 0 saturated heterocycles. The molecular formula is C27H35N3O6. The van der Waals surface area contributed by atoms with Crippen molar-refractivity contribution in [1.29, 1.82) is 0 Å². The van der Waals surface area contributed by atoms with E-state index in [9.17, 15) is 19.2 Å². The average Bonchev–Trinajstić information content (AvgIpc) is 3.07. The molecule has 1 unspecified atom stereocenters. The summed E-state index contributed by atoms with van der Waals surface area (Å²) in [6, 6.07) is 1.02. The molecule has 0 aliphatic heterocycles. The van der Waals surface area contributed by atoms with E-state index in [2.05, 4.69) is 16.0 Å². The van der Waals surface area contributed by atoms with E-state index in [4.69, 9.17) is 8.83 Å². The van der Waals surface area contributed by atoms with Gasteiger partial charge in [0.05, 0.1) is 23.9 Å². The maximum atomic E-state index is 12.7. The Labute approximate surface area is 210 Å². The summed E-state index contributed by atoms with van der Waals surface area (Å²) in [5.74, 6) is -0.653. The van der Waals surface area contributed by atoms with Crippen molar-refractivity contribution < 1.29 is 23.2 Å². The van der Waals surface area contributed by atoms with Crippen molar-refractivity contribution in [3.8, 4) is 0 Å². The Morgan fingerprint density at radius 1 is 0.889 bits per heavy atom. The first-order valence-corrected chi connectivity index (χ1v) is 12.1. The fourth-order valence-electron chi connectivity index (χ4n) is 4.37. The zero-order valence-electron chi connectivity index (χ0n) is 22.2. The van der Waals surface area contributed by atoms with E-state index < -0.39 is 23.5 Å². The first kappa shape index (κ1) is 27.0. The largest absolute Gasteiger partial charge is 0.460 e. The number of fused-ring (bicyclic) bond motifs is 3. The third kappa shape index (κ3) is 5.45. The number of rotatable bonds is 8. The lowest BCUT2D eigenvalue weighted by Gasteiger charge is -2.23. The van der Waals surface area contributed by atoms with Gasteiger partial charge in [-0.15, -0.1) is 0 Å². The Morgan fingerprint density at radius 2 is 1.56 bits per heavy atom. The highest BCUT2D eigenvalue weighted by Crippen LogP contribution is 2.36. The van der Waals surface area contributed by atoms with Gasteiger partial charge in [0.15, 0.2) is 0 Å². The van der Waals surface area contributed by atoms with Gasteiger partial charge in [0, 0.05) is 11.4 Å². The Hall–Kier alpha value is -3.62. The first-order chi connectivity index (χ1) is 16.8. The lowest BCUT2D eigenvalue weighted by molar-refractivity contribution is -0.130. The van der Waals surface area contributed by atoms with Gasteiger partial charge in [-0.25, -0.2) is 4.79 Å². The Bertz CT molecular complexity index is 1400. The van der Waals surface area contributed by atoms with Crippen molar-refractivity contribution in [3.05, 3.63) is 44.5 Å². The summed E-state index contributed by atoms with van der Waals surface area (Å²) >= 11 is 0. The van der Waals surface area contributed by atoms with Gasteiger partial charge in [-0.3, -0.25) is 14.4 Å². The van der Waals surface area contributed by atoms with Gasteiger partial charge in [-0.1, -0.05) is 13.8 Å². The van der Waals surface area contributed by atoms with Gasteiger partial charge in [-0.05, 0) is 70.2 Å². The van der Waals surface area contributed by atoms with Gasteiger partial charge in [0.2, 0.25) is 17.7 Å². The number of carbonyl (C=O) groups excluding carboxylic acids is 3. The minimum atomic E-state index is -0.724. The summed E-state index contributed by atoms with van der Waals surface area (Å²) in [6.07, 6.45) is -0.257. The lowest BCUT2D eigenvalue weighted by Crippen LogP contribution is -2.53. The number of benzene rings is 1. The second kappa shape index (κ2) is 10.6. The van der Waals surface area contributed by atoms with Gasteiger partial charge in [0.1, 0.15) is 23.0 Å². The van der Waals surface area contributed by atoms with Crippen LogP contribution in [0, 0.1) is 33.6 Å². The van der Waals surface area contributed by atoms with Crippen LogP contribution in [-0.2, 0) is 20.8 Å². The summed E-state index contributed by atoms with van der Waals surface area (Å²) in [5, 5.41) is 9.59.